The van der Waals surface area contributed by atoms with Gasteiger partial charge in [0.15, 0.2) is 5.13 Å². The Morgan fingerprint density at radius 3 is 2.28 bits per heavy atom. The van der Waals surface area contributed by atoms with Crippen molar-refractivity contribution in [1.82, 2.24) is 30.1 Å². The average Bonchev–Trinajstić information content (AvgIpc) is 3.56. The minimum Gasteiger partial charge on any atom is -0.374 e. The third-order valence-electron chi connectivity index (χ3n) is 7.19. The molecule has 2 N–H and O–H groups in total. The van der Waals surface area contributed by atoms with Crippen molar-refractivity contribution in [1.29, 1.82) is 0 Å². The molecule has 0 spiro atoms. The highest BCUT2D eigenvalue weighted by Crippen LogP contribution is 2.27. The van der Waals surface area contributed by atoms with Crippen LogP contribution >= 0.6 is 23.1 Å². The van der Waals surface area contributed by atoms with E-state index in [2.05, 4.69) is 30.5 Å². The van der Waals surface area contributed by atoms with Crippen LogP contribution in [0.5, 0.6) is 0 Å². The molecule has 0 atom stereocenters. The van der Waals surface area contributed by atoms with Gasteiger partial charge in [-0.3, -0.25) is 24.7 Å². The SMILES string of the molecule is CC.CC(=O)N1CCNCC1.CSCCOCc1ncccc1-c1csc(NC(=O)c2ccc(N3CCN(C(C)=O)CC3)cn2)n1. The van der Waals surface area contributed by atoms with Crippen LogP contribution in [-0.4, -0.2) is 113 Å². The summed E-state index contributed by atoms with van der Waals surface area (Å²) in [7, 11) is 0. The van der Waals surface area contributed by atoms with Crippen LogP contribution in [0.1, 0.15) is 43.9 Å². The van der Waals surface area contributed by atoms with Gasteiger partial charge in [-0.25, -0.2) is 9.97 Å². The molecule has 3 aromatic heterocycles. The van der Waals surface area contributed by atoms with Crippen LogP contribution in [0.25, 0.3) is 11.3 Å². The first kappa shape index (κ1) is 36.9. The summed E-state index contributed by atoms with van der Waals surface area (Å²) < 4.78 is 5.71. The van der Waals surface area contributed by atoms with Crippen LogP contribution in [0.3, 0.4) is 0 Å². The highest BCUT2D eigenvalue weighted by molar-refractivity contribution is 7.98. The van der Waals surface area contributed by atoms with Gasteiger partial charge in [0.05, 0.1) is 36.5 Å². The van der Waals surface area contributed by atoms with E-state index in [9.17, 15) is 14.4 Å². The Kier molecular flexibility index (Phi) is 15.9. The summed E-state index contributed by atoms with van der Waals surface area (Å²) in [4.78, 5) is 54.2. The van der Waals surface area contributed by atoms with Gasteiger partial charge in [-0.1, -0.05) is 13.8 Å². The Morgan fingerprint density at radius 2 is 1.67 bits per heavy atom. The fourth-order valence-electron chi connectivity index (χ4n) is 4.68. The number of carbonyl (C=O) groups is 3. The summed E-state index contributed by atoms with van der Waals surface area (Å²) in [5.74, 6) is 0.905. The molecule has 3 amide bonds. The number of hydrogen-bond donors (Lipinski definition) is 2. The lowest BCUT2D eigenvalue weighted by Gasteiger charge is -2.35. The zero-order valence-corrected chi connectivity index (χ0v) is 29.1. The average molecular weight is 671 g/mol. The summed E-state index contributed by atoms with van der Waals surface area (Å²) in [6.45, 7) is 14.8. The number of carbonyl (C=O) groups excluding carboxylic acids is 3. The number of anilines is 2. The lowest BCUT2D eigenvalue weighted by Crippen LogP contribution is -2.48. The molecule has 14 heteroatoms. The number of thioether (sulfide) groups is 1. The Bertz CT molecular complexity index is 1370. The van der Waals surface area contributed by atoms with E-state index in [1.54, 1.807) is 44.1 Å². The molecule has 0 bridgehead atoms. The molecule has 12 nitrogen and oxygen atoms in total. The number of hydrogen-bond acceptors (Lipinski definition) is 11. The number of thiazole rings is 1. The van der Waals surface area contributed by atoms with E-state index in [1.165, 1.54) is 11.3 Å². The zero-order valence-electron chi connectivity index (χ0n) is 27.5. The third kappa shape index (κ3) is 11.3. The highest BCUT2D eigenvalue weighted by Gasteiger charge is 2.20. The third-order valence-corrected chi connectivity index (χ3v) is 8.53. The van der Waals surface area contributed by atoms with Gasteiger partial charge in [-0.2, -0.15) is 11.8 Å². The molecule has 2 aliphatic heterocycles. The molecule has 0 aliphatic carbocycles. The Morgan fingerprint density at radius 1 is 0.978 bits per heavy atom. The number of amides is 3. The number of pyridine rings is 2. The number of aromatic nitrogens is 3. The first-order chi connectivity index (χ1) is 22.4. The Hall–Kier alpha value is -3.59. The van der Waals surface area contributed by atoms with Crippen molar-refractivity contribution in [3.63, 3.8) is 0 Å². The van der Waals surface area contributed by atoms with Crippen molar-refractivity contribution >= 4 is 51.6 Å². The minimum atomic E-state index is -0.314. The number of piperazine rings is 2. The van der Waals surface area contributed by atoms with Gasteiger partial charge in [0.1, 0.15) is 5.69 Å². The molecule has 2 saturated heterocycles. The molecule has 3 aromatic rings. The molecule has 2 aliphatic rings. The summed E-state index contributed by atoms with van der Waals surface area (Å²) in [5.41, 5.74) is 3.70. The van der Waals surface area contributed by atoms with E-state index in [0.717, 1.165) is 67.7 Å². The maximum Gasteiger partial charge on any atom is 0.276 e. The van der Waals surface area contributed by atoms with Crippen molar-refractivity contribution in [2.24, 2.45) is 0 Å². The second-order valence-corrected chi connectivity index (χ2v) is 12.0. The van der Waals surface area contributed by atoms with E-state index < -0.39 is 0 Å². The maximum absolute atomic E-state index is 12.7. The van der Waals surface area contributed by atoms with Crippen molar-refractivity contribution in [3.8, 4) is 11.3 Å². The van der Waals surface area contributed by atoms with E-state index in [0.29, 0.717) is 37.1 Å². The summed E-state index contributed by atoms with van der Waals surface area (Å²) in [6.07, 6.45) is 5.48. The zero-order chi connectivity index (χ0) is 33.3. The highest BCUT2D eigenvalue weighted by atomic mass is 32.2. The van der Waals surface area contributed by atoms with Crippen LogP contribution in [0.4, 0.5) is 10.8 Å². The normalized spacial score (nSPS) is 14.4. The second kappa shape index (κ2) is 19.8. The number of rotatable bonds is 9. The first-order valence-corrected chi connectivity index (χ1v) is 17.8. The molecule has 0 radical (unpaired) electrons. The molecule has 46 heavy (non-hydrogen) atoms. The van der Waals surface area contributed by atoms with Gasteiger partial charge in [-0.05, 0) is 30.5 Å². The Labute approximate surface area is 280 Å². The van der Waals surface area contributed by atoms with Gasteiger partial charge >= 0.3 is 0 Å². The van der Waals surface area contributed by atoms with Gasteiger partial charge in [-0.15, -0.1) is 11.3 Å². The minimum absolute atomic E-state index is 0.0966. The standard InChI is InChI=1S/C24H28N6O3S2.C6H12N2O.C2H6/c1-17(31)29-8-10-30(11-9-29)18-5-6-20(26-14-18)23(32)28-24-27-22(16-35-24)19-4-3-7-25-21(19)15-33-12-13-34-2;1-6(9)8-4-2-7-3-5-8;1-2/h3-7,14,16H,8-13,15H2,1-2H3,(H,27,28,32);7H,2-5H2,1H3;1-2H3. The largest absolute Gasteiger partial charge is 0.374 e. The topological polar surface area (TPSA) is 133 Å². The second-order valence-electron chi connectivity index (χ2n) is 10.2. The summed E-state index contributed by atoms with van der Waals surface area (Å²) >= 11 is 3.09. The van der Waals surface area contributed by atoms with E-state index in [1.807, 2.05) is 53.5 Å². The van der Waals surface area contributed by atoms with Crippen LogP contribution in [0, 0.1) is 0 Å². The molecule has 5 rings (SSSR count). The van der Waals surface area contributed by atoms with E-state index in [4.69, 9.17) is 4.74 Å². The lowest BCUT2D eigenvalue weighted by atomic mass is 10.1. The summed E-state index contributed by atoms with van der Waals surface area (Å²) in [6, 6.07) is 7.42. The fraction of sp³-hybridized carbons (Fsp3) is 0.500. The molecule has 2 fully saturated rings. The van der Waals surface area contributed by atoms with Gasteiger partial charge < -0.3 is 24.8 Å². The van der Waals surface area contributed by atoms with Gasteiger partial charge in [0, 0.05) is 89.1 Å². The molecule has 250 valence electrons. The maximum atomic E-state index is 12.7. The molecular formula is C32H46N8O4S2. The quantitative estimate of drug-likeness (QED) is 0.324. The molecular weight excluding hydrogens is 625 g/mol. The van der Waals surface area contributed by atoms with Crippen LogP contribution in [0.15, 0.2) is 42.0 Å². The van der Waals surface area contributed by atoms with E-state index in [-0.39, 0.29) is 17.7 Å². The number of ether oxygens (including phenoxy) is 1. The fourth-order valence-corrected chi connectivity index (χ4v) is 5.67. The van der Waals surface area contributed by atoms with Gasteiger partial charge in [0.25, 0.3) is 5.91 Å². The van der Waals surface area contributed by atoms with Crippen molar-refractivity contribution in [3.05, 3.63) is 53.4 Å². The van der Waals surface area contributed by atoms with Gasteiger partial charge in [0.2, 0.25) is 11.8 Å². The Balaban J connectivity index is 0.000000446. The lowest BCUT2D eigenvalue weighted by molar-refractivity contribution is -0.130. The number of nitrogens with one attached hydrogen (secondary N) is 2. The van der Waals surface area contributed by atoms with Crippen molar-refractivity contribution in [2.45, 2.75) is 34.3 Å². The van der Waals surface area contributed by atoms with Crippen molar-refractivity contribution < 1.29 is 19.1 Å². The summed E-state index contributed by atoms with van der Waals surface area (Å²) in [5, 5.41) is 8.41. The molecule has 0 aromatic carbocycles. The predicted molar refractivity (Wildman–Crippen MR) is 187 cm³/mol. The van der Waals surface area contributed by atoms with E-state index >= 15 is 0 Å². The van der Waals surface area contributed by atoms with Crippen LogP contribution < -0.4 is 15.5 Å². The molecule has 0 saturated carbocycles. The monoisotopic (exact) mass is 670 g/mol. The molecule has 0 unspecified atom stereocenters. The smallest absolute Gasteiger partial charge is 0.276 e. The first-order valence-electron chi connectivity index (χ1n) is 15.6. The van der Waals surface area contributed by atoms with Crippen molar-refractivity contribution in [2.75, 3.05) is 81.2 Å². The molecule has 5 heterocycles. The van der Waals surface area contributed by atoms with Crippen LogP contribution in [0.2, 0.25) is 0 Å². The number of nitrogens with zero attached hydrogens (tertiary/aromatic N) is 6. The predicted octanol–water partition coefficient (Wildman–Crippen LogP) is 3.86. The van der Waals surface area contributed by atoms with Crippen LogP contribution in [-0.2, 0) is 20.9 Å².